The minimum absolute atomic E-state index is 0.492. The molecule has 5 heteroatoms. The first-order chi connectivity index (χ1) is 10.1. The van der Waals surface area contributed by atoms with Gasteiger partial charge in [0, 0.05) is 23.1 Å². The number of thiazole rings is 1. The number of nitrogens with one attached hydrogen (secondary N) is 1. The highest BCUT2D eigenvalue weighted by Gasteiger charge is 2.09. The third kappa shape index (κ3) is 4.19. The minimum atomic E-state index is 0.492. The van der Waals surface area contributed by atoms with E-state index in [2.05, 4.69) is 24.1 Å². The molecule has 0 fully saturated rings. The maximum Gasteiger partial charge on any atom is 0.140 e. The first kappa shape index (κ1) is 15.8. The molecule has 0 aliphatic heterocycles. The van der Waals surface area contributed by atoms with Crippen LogP contribution in [0.15, 0.2) is 18.2 Å². The quantitative estimate of drug-likeness (QED) is 0.851. The third-order valence-electron chi connectivity index (χ3n) is 3.26. The number of aryl methyl sites for hydroxylation is 2. The summed E-state index contributed by atoms with van der Waals surface area (Å²) in [4.78, 5) is 5.75. The lowest BCUT2D eigenvalue weighted by Gasteiger charge is -2.12. The zero-order valence-electron chi connectivity index (χ0n) is 13.0. The monoisotopic (exact) mass is 306 g/mol. The van der Waals surface area contributed by atoms with Crippen LogP contribution in [0.25, 0.3) is 0 Å². The average Bonchev–Trinajstić information content (AvgIpc) is 2.82. The summed E-state index contributed by atoms with van der Waals surface area (Å²) in [5, 5.41) is 4.32. The molecule has 114 valence electrons. The number of methoxy groups -OCH3 is 1. The Morgan fingerprint density at radius 2 is 2.10 bits per heavy atom. The van der Waals surface area contributed by atoms with E-state index in [1.54, 1.807) is 18.4 Å². The van der Waals surface area contributed by atoms with Crippen molar-refractivity contribution in [3.05, 3.63) is 39.3 Å². The van der Waals surface area contributed by atoms with Crippen LogP contribution in [0.4, 0.5) is 0 Å². The number of hydrogen-bond donors (Lipinski definition) is 1. The van der Waals surface area contributed by atoms with Gasteiger partial charge in [0.05, 0.1) is 12.8 Å². The van der Waals surface area contributed by atoms with Gasteiger partial charge in [0.25, 0.3) is 0 Å². The van der Waals surface area contributed by atoms with Crippen molar-refractivity contribution < 1.29 is 9.47 Å². The highest BCUT2D eigenvalue weighted by molar-refractivity contribution is 7.11. The Balaban J connectivity index is 2.12. The van der Waals surface area contributed by atoms with E-state index in [1.165, 1.54) is 4.88 Å². The summed E-state index contributed by atoms with van der Waals surface area (Å²) >= 11 is 1.68. The van der Waals surface area contributed by atoms with Gasteiger partial charge in [-0.05, 0) is 26.5 Å². The predicted octanol–water partition coefficient (Wildman–Crippen LogP) is 3.46. The second-order valence-corrected chi connectivity index (χ2v) is 6.08. The van der Waals surface area contributed by atoms with E-state index in [0.717, 1.165) is 40.9 Å². The number of rotatable bonds is 7. The number of ether oxygens (including phenoxy) is 2. The van der Waals surface area contributed by atoms with E-state index >= 15 is 0 Å². The molecule has 0 atom stereocenters. The number of aromatic nitrogens is 1. The van der Waals surface area contributed by atoms with E-state index in [9.17, 15) is 0 Å². The lowest BCUT2D eigenvalue weighted by atomic mass is 10.2. The third-order valence-corrected chi connectivity index (χ3v) is 4.31. The SMILES string of the molecule is CCNCc1ccc(OC)cc1OCc1nc(C)c(C)s1. The smallest absolute Gasteiger partial charge is 0.140 e. The van der Waals surface area contributed by atoms with Gasteiger partial charge in [0.1, 0.15) is 23.1 Å². The molecule has 0 saturated heterocycles. The molecule has 0 amide bonds. The summed E-state index contributed by atoms with van der Waals surface area (Å²) in [6, 6.07) is 5.92. The van der Waals surface area contributed by atoms with Crippen molar-refractivity contribution in [1.82, 2.24) is 10.3 Å². The molecule has 2 rings (SSSR count). The predicted molar refractivity (Wildman–Crippen MR) is 86.3 cm³/mol. The fourth-order valence-electron chi connectivity index (χ4n) is 1.94. The van der Waals surface area contributed by atoms with Crippen LogP contribution < -0.4 is 14.8 Å². The van der Waals surface area contributed by atoms with Crippen molar-refractivity contribution in [2.24, 2.45) is 0 Å². The largest absolute Gasteiger partial charge is 0.497 e. The molecule has 0 bridgehead atoms. The average molecular weight is 306 g/mol. The zero-order chi connectivity index (χ0) is 15.2. The highest BCUT2D eigenvalue weighted by atomic mass is 32.1. The number of hydrogen-bond acceptors (Lipinski definition) is 5. The second kappa shape index (κ2) is 7.43. The molecule has 0 saturated carbocycles. The summed E-state index contributed by atoms with van der Waals surface area (Å²) in [5.74, 6) is 1.65. The Kier molecular flexibility index (Phi) is 5.59. The van der Waals surface area contributed by atoms with Crippen LogP contribution in [-0.2, 0) is 13.2 Å². The molecule has 0 aliphatic rings. The molecule has 1 N–H and O–H groups in total. The van der Waals surface area contributed by atoms with Gasteiger partial charge in [-0.2, -0.15) is 0 Å². The van der Waals surface area contributed by atoms with Gasteiger partial charge in [-0.15, -0.1) is 11.3 Å². The summed E-state index contributed by atoms with van der Waals surface area (Å²) in [6.07, 6.45) is 0. The molecule has 0 radical (unpaired) electrons. The van der Waals surface area contributed by atoms with Gasteiger partial charge < -0.3 is 14.8 Å². The standard InChI is InChI=1S/C16H22N2O2S/c1-5-17-9-13-6-7-14(19-4)8-15(13)20-10-16-18-11(2)12(3)21-16/h6-8,17H,5,9-10H2,1-4H3. The molecule has 0 spiro atoms. The Morgan fingerprint density at radius 1 is 1.29 bits per heavy atom. The van der Waals surface area contributed by atoms with Crippen LogP contribution in [-0.4, -0.2) is 18.6 Å². The summed E-state index contributed by atoms with van der Waals surface area (Å²) in [6.45, 7) is 8.40. The van der Waals surface area contributed by atoms with E-state index < -0.39 is 0 Å². The summed E-state index contributed by atoms with van der Waals surface area (Å²) in [5.41, 5.74) is 2.21. The lowest BCUT2D eigenvalue weighted by molar-refractivity contribution is 0.299. The molecular weight excluding hydrogens is 284 g/mol. The topological polar surface area (TPSA) is 43.4 Å². The van der Waals surface area contributed by atoms with Crippen molar-refractivity contribution in [1.29, 1.82) is 0 Å². The van der Waals surface area contributed by atoms with Gasteiger partial charge in [-0.1, -0.05) is 13.0 Å². The van der Waals surface area contributed by atoms with Crippen molar-refractivity contribution >= 4 is 11.3 Å². The van der Waals surface area contributed by atoms with E-state index in [4.69, 9.17) is 9.47 Å². The Labute approximate surface area is 130 Å². The van der Waals surface area contributed by atoms with E-state index in [-0.39, 0.29) is 0 Å². The van der Waals surface area contributed by atoms with Crippen molar-refractivity contribution in [3.63, 3.8) is 0 Å². The number of nitrogens with zero attached hydrogens (tertiary/aromatic N) is 1. The van der Waals surface area contributed by atoms with Gasteiger partial charge in [0.2, 0.25) is 0 Å². The van der Waals surface area contributed by atoms with Crippen LogP contribution in [0.2, 0.25) is 0 Å². The number of benzene rings is 1. The van der Waals surface area contributed by atoms with Crippen LogP contribution in [0.5, 0.6) is 11.5 Å². The minimum Gasteiger partial charge on any atom is -0.497 e. The van der Waals surface area contributed by atoms with Crippen LogP contribution in [0.3, 0.4) is 0 Å². The van der Waals surface area contributed by atoms with Gasteiger partial charge in [-0.3, -0.25) is 0 Å². The van der Waals surface area contributed by atoms with Crippen molar-refractivity contribution in [3.8, 4) is 11.5 Å². The van der Waals surface area contributed by atoms with E-state index in [1.807, 2.05) is 25.1 Å². The normalized spacial score (nSPS) is 10.7. The van der Waals surface area contributed by atoms with Crippen molar-refractivity contribution in [2.45, 2.75) is 33.9 Å². The maximum absolute atomic E-state index is 5.96. The maximum atomic E-state index is 5.96. The molecule has 2 aromatic rings. The van der Waals surface area contributed by atoms with Gasteiger partial charge in [0.15, 0.2) is 0 Å². The Bertz CT molecular complexity index is 576. The molecule has 0 aliphatic carbocycles. The molecule has 1 aromatic heterocycles. The molecule has 21 heavy (non-hydrogen) atoms. The lowest BCUT2D eigenvalue weighted by Crippen LogP contribution is -2.13. The summed E-state index contributed by atoms with van der Waals surface area (Å²) in [7, 11) is 1.66. The van der Waals surface area contributed by atoms with Gasteiger partial charge in [-0.25, -0.2) is 4.98 Å². The molecule has 1 heterocycles. The van der Waals surface area contributed by atoms with Crippen molar-refractivity contribution in [2.75, 3.05) is 13.7 Å². The fraction of sp³-hybridized carbons (Fsp3) is 0.438. The fourth-order valence-corrected chi connectivity index (χ4v) is 2.79. The zero-order valence-corrected chi connectivity index (χ0v) is 13.8. The highest BCUT2D eigenvalue weighted by Crippen LogP contribution is 2.26. The Hall–Kier alpha value is -1.59. The van der Waals surface area contributed by atoms with Gasteiger partial charge >= 0.3 is 0 Å². The molecule has 0 unspecified atom stereocenters. The van der Waals surface area contributed by atoms with Crippen LogP contribution in [0.1, 0.15) is 28.1 Å². The van der Waals surface area contributed by atoms with E-state index in [0.29, 0.717) is 6.61 Å². The molecular formula is C16H22N2O2S. The van der Waals surface area contributed by atoms with Crippen LogP contribution >= 0.6 is 11.3 Å². The first-order valence-electron chi connectivity index (χ1n) is 7.07. The Morgan fingerprint density at radius 3 is 2.71 bits per heavy atom. The second-order valence-electron chi connectivity index (χ2n) is 4.79. The molecule has 4 nitrogen and oxygen atoms in total. The van der Waals surface area contributed by atoms with Crippen LogP contribution in [0, 0.1) is 13.8 Å². The first-order valence-corrected chi connectivity index (χ1v) is 7.89. The molecule has 1 aromatic carbocycles. The summed E-state index contributed by atoms with van der Waals surface area (Å²) < 4.78 is 11.2.